The largest absolute Gasteiger partial charge is 0.478 e. The first-order chi connectivity index (χ1) is 8.88. The number of aromatic carboxylic acids is 1. The predicted octanol–water partition coefficient (Wildman–Crippen LogP) is 2.95. The number of hydrogen-bond donors (Lipinski definition) is 2. The molecule has 1 aromatic heterocycles. The number of fused-ring (bicyclic) bond motifs is 1. The van der Waals surface area contributed by atoms with Crippen molar-refractivity contribution in [3.63, 3.8) is 0 Å². The summed E-state index contributed by atoms with van der Waals surface area (Å²) in [6.45, 7) is 5.90. The summed E-state index contributed by atoms with van der Waals surface area (Å²) in [5.74, 6) is -0.643. The van der Waals surface area contributed by atoms with E-state index in [1.165, 1.54) is 0 Å². The number of hydroxylamine groups is 1. The fourth-order valence-electron chi connectivity index (χ4n) is 1.77. The van der Waals surface area contributed by atoms with E-state index < -0.39 is 5.97 Å². The zero-order chi connectivity index (χ0) is 14.0. The molecule has 2 N–H and O–H groups in total. The van der Waals surface area contributed by atoms with Crippen LogP contribution in [0.15, 0.2) is 28.7 Å². The number of nitrogens with one attached hydrogen (secondary N) is 1. The molecule has 19 heavy (non-hydrogen) atoms. The second-order valence-corrected chi connectivity index (χ2v) is 5.24. The number of para-hydroxylation sites is 1. The van der Waals surface area contributed by atoms with Crippen LogP contribution >= 0.6 is 0 Å². The molecular weight excluding hydrogens is 246 g/mol. The lowest BCUT2D eigenvalue weighted by Gasteiger charge is -2.18. The highest BCUT2D eigenvalue weighted by Gasteiger charge is 2.20. The van der Waals surface area contributed by atoms with Crippen molar-refractivity contribution in [3.8, 4) is 0 Å². The Hall–Kier alpha value is -1.85. The summed E-state index contributed by atoms with van der Waals surface area (Å²) in [6, 6.07) is 7.07. The summed E-state index contributed by atoms with van der Waals surface area (Å²) < 4.78 is 5.55. The van der Waals surface area contributed by atoms with Gasteiger partial charge in [-0.2, -0.15) is 5.48 Å². The Bertz CT molecular complexity index is 595. The van der Waals surface area contributed by atoms with Crippen LogP contribution in [0.1, 0.15) is 36.9 Å². The van der Waals surface area contributed by atoms with Gasteiger partial charge in [-0.25, -0.2) is 4.79 Å². The summed E-state index contributed by atoms with van der Waals surface area (Å²) >= 11 is 0. The molecule has 0 aliphatic carbocycles. The Labute approximate surface area is 111 Å². The lowest BCUT2D eigenvalue weighted by Crippen LogP contribution is -2.29. The topological polar surface area (TPSA) is 71.7 Å². The molecule has 5 nitrogen and oxygen atoms in total. The zero-order valence-electron chi connectivity index (χ0n) is 11.2. The lowest BCUT2D eigenvalue weighted by molar-refractivity contribution is -0.0774. The van der Waals surface area contributed by atoms with Gasteiger partial charge in [0.1, 0.15) is 16.9 Å². The number of rotatable bonds is 4. The monoisotopic (exact) mass is 263 g/mol. The Balaban J connectivity index is 2.27. The minimum atomic E-state index is -1.00. The average molecular weight is 263 g/mol. The number of benzene rings is 1. The van der Waals surface area contributed by atoms with Gasteiger partial charge in [-0.05, 0) is 26.8 Å². The van der Waals surface area contributed by atoms with Gasteiger partial charge in [0.25, 0.3) is 0 Å². The van der Waals surface area contributed by atoms with E-state index in [-0.39, 0.29) is 17.7 Å². The van der Waals surface area contributed by atoms with Gasteiger partial charge in [-0.3, -0.25) is 4.84 Å². The summed E-state index contributed by atoms with van der Waals surface area (Å²) in [7, 11) is 0. The molecule has 102 valence electrons. The van der Waals surface area contributed by atoms with Gasteiger partial charge in [0, 0.05) is 5.39 Å². The quantitative estimate of drug-likeness (QED) is 0.830. The van der Waals surface area contributed by atoms with Crippen molar-refractivity contribution in [3.05, 3.63) is 35.6 Å². The van der Waals surface area contributed by atoms with Crippen molar-refractivity contribution in [2.24, 2.45) is 0 Å². The van der Waals surface area contributed by atoms with Crippen LogP contribution in [0.5, 0.6) is 0 Å². The Morgan fingerprint density at radius 2 is 2.05 bits per heavy atom. The zero-order valence-corrected chi connectivity index (χ0v) is 11.2. The third kappa shape index (κ3) is 3.13. The van der Waals surface area contributed by atoms with E-state index in [4.69, 9.17) is 9.25 Å². The average Bonchev–Trinajstić information content (AvgIpc) is 2.65. The van der Waals surface area contributed by atoms with Crippen molar-refractivity contribution in [1.82, 2.24) is 5.48 Å². The molecule has 0 spiro atoms. The molecular formula is C14H17NO4. The highest BCUT2D eigenvalue weighted by molar-refractivity contribution is 6.03. The van der Waals surface area contributed by atoms with Crippen LogP contribution in [0.3, 0.4) is 0 Å². The smallest absolute Gasteiger partial charge is 0.339 e. The molecule has 0 aliphatic rings. The first kappa shape index (κ1) is 13.6. The van der Waals surface area contributed by atoms with Gasteiger partial charge in [-0.1, -0.05) is 18.2 Å². The fraction of sp³-hybridized carbons (Fsp3) is 0.357. The standard InChI is InChI=1S/C14H17NO4/c1-14(2,3)19-15-8-11-12(13(16)17)9-6-4-5-7-10(9)18-11/h4-7,15H,8H2,1-3H3,(H,16,17). The number of furan rings is 1. The van der Waals surface area contributed by atoms with Crippen LogP contribution in [0, 0.1) is 0 Å². The molecule has 0 atom stereocenters. The van der Waals surface area contributed by atoms with Crippen molar-refractivity contribution >= 4 is 16.9 Å². The first-order valence-corrected chi connectivity index (χ1v) is 6.03. The van der Waals surface area contributed by atoms with Gasteiger partial charge >= 0.3 is 5.97 Å². The van der Waals surface area contributed by atoms with E-state index in [0.29, 0.717) is 16.7 Å². The van der Waals surface area contributed by atoms with E-state index in [1.807, 2.05) is 20.8 Å². The molecule has 2 aromatic rings. The third-order valence-electron chi connectivity index (χ3n) is 2.49. The maximum atomic E-state index is 11.3. The van der Waals surface area contributed by atoms with Crippen molar-refractivity contribution in [2.45, 2.75) is 32.9 Å². The van der Waals surface area contributed by atoms with E-state index in [2.05, 4.69) is 5.48 Å². The number of carboxylic acid groups (broad SMARTS) is 1. The van der Waals surface area contributed by atoms with Gasteiger partial charge < -0.3 is 9.52 Å². The molecule has 1 heterocycles. The van der Waals surface area contributed by atoms with Gasteiger partial charge in [0.2, 0.25) is 0 Å². The van der Waals surface area contributed by atoms with Crippen molar-refractivity contribution in [2.75, 3.05) is 0 Å². The van der Waals surface area contributed by atoms with Crippen LogP contribution in [0.4, 0.5) is 0 Å². The molecule has 0 amide bonds. The minimum Gasteiger partial charge on any atom is -0.478 e. The van der Waals surface area contributed by atoms with Crippen LogP contribution in [-0.2, 0) is 11.4 Å². The SMILES string of the molecule is CC(C)(C)ONCc1oc2ccccc2c1C(=O)O. The van der Waals surface area contributed by atoms with Gasteiger partial charge in [0.05, 0.1) is 12.1 Å². The Morgan fingerprint density at radius 3 is 2.68 bits per heavy atom. The summed E-state index contributed by atoms with van der Waals surface area (Å²) in [5, 5.41) is 9.88. The summed E-state index contributed by atoms with van der Waals surface area (Å²) in [6.07, 6.45) is 0. The highest BCUT2D eigenvalue weighted by atomic mass is 16.7. The second kappa shape index (κ2) is 5.03. The molecule has 0 unspecified atom stereocenters. The summed E-state index contributed by atoms with van der Waals surface area (Å²) in [5.41, 5.74) is 3.13. The third-order valence-corrected chi connectivity index (χ3v) is 2.49. The highest BCUT2D eigenvalue weighted by Crippen LogP contribution is 2.25. The maximum Gasteiger partial charge on any atom is 0.339 e. The maximum absolute atomic E-state index is 11.3. The van der Waals surface area contributed by atoms with E-state index in [9.17, 15) is 9.90 Å². The first-order valence-electron chi connectivity index (χ1n) is 6.03. The molecule has 0 aliphatic heterocycles. The molecule has 0 saturated carbocycles. The van der Waals surface area contributed by atoms with Crippen LogP contribution in [-0.4, -0.2) is 16.7 Å². The second-order valence-electron chi connectivity index (χ2n) is 5.24. The molecule has 5 heteroatoms. The molecule has 1 aromatic carbocycles. The van der Waals surface area contributed by atoms with Crippen LogP contribution in [0.25, 0.3) is 11.0 Å². The molecule has 0 radical (unpaired) electrons. The molecule has 2 rings (SSSR count). The molecule has 0 saturated heterocycles. The molecule has 0 bridgehead atoms. The van der Waals surface area contributed by atoms with Crippen molar-refractivity contribution < 1.29 is 19.2 Å². The predicted molar refractivity (Wildman–Crippen MR) is 70.9 cm³/mol. The summed E-state index contributed by atoms with van der Waals surface area (Å²) in [4.78, 5) is 16.7. The fourth-order valence-corrected chi connectivity index (χ4v) is 1.77. The minimum absolute atomic E-state index is 0.181. The van der Waals surface area contributed by atoms with Crippen LogP contribution < -0.4 is 5.48 Å². The van der Waals surface area contributed by atoms with Crippen molar-refractivity contribution in [1.29, 1.82) is 0 Å². The number of carbonyl (C=O) groups is 1. The van der Waals surface area contributed by atoms with E-state index in [1.54, 1.807) is 24.3 Å². The molecule has 0 fully saturated rings. The van der Waals surface area contributed by atoms with E-state index >= 15 is 0 Å². The van der Waals surface area contributed by atoms with E-state index in [0.717, 1.165) is 0 Å². The number of carboxylic acids is 1. The van der Waals surface area contributed by atoms with Crippen LogP contribution in [0.2, 0.25) is 0 Å². The lowest BCUT2D eigenvalue weighted by atomic mass is 10.1. The van der Waals surface area contributed by atoms with Gasteiger partial charge in [0.15, 0.2) is 0 Å². The Morgan fingerprint density at radius 1 is 1.37 bits per heavy atom. The Kier molecular flexibility index (Phi) is 3.59. The number of hydrogen-bond acceptors (Lipinski definition) is 4. The normalized spacial score (nSPS) is 11.9. The van der Waals surface area contributed by atoms with Gasteiger partial charge in [-0.15, -0.1) is 0 Å².